The van der Waals surface area contributed by atoms with Crippen LogP contribution in [-0.4, -0.2) is 34.8 Å². The molecule has 0 saturated carbocycles. The smallest absolute Gasteiger partial charge is 0.0783 e. The van der Waals surface area contributed by atoms with Gasteiger partial charge in [-0.15, -0.1) is 0 Å². The minimum absolute atomic E-state index is 0.283. The molecule has 3 nitrogen and oxygen atoms in total. The van der Waals surface area contributed by atoms with E-state index in [2.05, 4.69) is 5.32 Å². The number of aryl methyl sites for hydroxylation is 2. The van der Waals surface area contributed by atoms with E-state index in [1.807, 2.05) is 32.0 Å². The fraction of sp³-hybridized carbons (Fsp3) is 0.500. The first kappa shape index (κ1) is 13.4. The highest BCUT2D eigenvalue weighted by Gasteiger charge is 2.12. The second-order valence-electron chi connectivity index (χ2n) is 3.99. The number of hydrogen-bond acceptors (Lipinski definition) is 3. The monoisotopic (exact) mass is 241 g/mol. The lowest BCUT2D eigenvalue weighted by Gasteiger charge is -2.11. The molecule has 1 aromatic rings. The molecule has 0 aliphatic rings. The zero-order valence-corrected chi connectivity index (χ0v) is 10.8. The van der Waals surface area contributed by atoms with Gasteiger partial charge in [-0.3, -0.25) is 4.21 Å². The van der Waals surface area contributed by atoms with E-state index in [4.69, 9.17) is 0 Å². The maximum Gasteiger partial charge on any atom is 0.0783 e. The summed E-state index contributed by atoms with van der Waals surface area (Å²) in [6, 6.07) is 5.89. The molecule has 90 valence electrons. The lowest BCUT2D eigenvalue weighted by molar-refractivity contribution is 0.198. The standard InChI is InChI=1S/C12H19NO2S/c1-9-4-5-10(2)12(6-9)16(15)8-11(14)7-13-3/h4-6,11,13-14H,7-8H2,1-3H3. The molecule has 2 N–H and O–H groups in total. The van der Waals surface area contributed by atoms with Crippen molar-refractivity contribution >= 4 is 10.8 Å². The Balaban J connectivity index is 2.76. The molecule has 0 amide bonds. The SMILES string of the molecule is CNCC(O)CS(=O)c1cc(C)ccc1C. The van der Waals surface area contributed by atoms with E-state index in [-0.39, 0.29) is 5.75 Å². The van der Waals surface area contributed by atoms with E-state index in [0.717, 1.165) is 16.0 Å². The van der Waals surface area contributed by atoms with Crippen LogP contribution in [0.1, 0.15) is 11.1 Å². The van der Waals surface area contributed by atoms with Gasteiger partial charge < -0.3 is 10.4 Å². The second kappa shape index (κ2) is 6.13. The Morgan fingerprint density at radius 3 is 2.75 bits per heavy atom. The first-order valence-corrected chi connectivity index (χ1v) is 6.64. The molecule has 2 unspecified atom stereocenters. The fourth-order valence-electron chi connectivity index (χ4n) is 1.51. The maximum atomic E-state index is 12.0. The number of benzene rings is 1. The Kier molecular flexibility index (Phi) is 5.12. The third-order valence-electron chi connectivity index (χ3n) is 2.37. The van der Waals surface area contributed by atoms with Crippen LogP contribution in [-0.2, 0) is 10.8 Å². The Bertz CT molecular complexity index is 379. The molecular weight excluding hydrogens is 222 g/mol. The molecule has 0 spiro atoms. The van der Waals surface area contributed by atoms with E-state index in [0.29, 0.717) is 6.54 Å². The van der Waals surface area contributed by atoms with E-state index in [1.54, 1.807) is 7.05 Å². The van der Waals surface area contributed by atoms with Crippen LogP contribution in [0.15, 0.2) is 23.1 Å². The van der Waals surface area contributed by atoms with E-state index in [9.17, 15) is 9.32 Å². The Morgan fingerprint density at radius 2 is 2.12 bits per heavy atom. The van der Waals surface area contributed by atoms with Gasteiger partial charge in [0.05, 0.1) is 22.7 Å². The summed E-state index contributed by atoms with van der Waals surface area (Å²) in [5.41, 5.74) is 2.11. The van der Waals surface area contributed by atoms with Gasteiger partial charge in [0.25, 0.3) is 0 Å². The summed E-state index contributed by atoms with van der Waals surface area (Å²) in [5, 5.41) is 12.5. The van der Waals surface area contributed by atoms with Gasteiger partial charge in [0.15, 0.2) is 0 Å². The van der Waals surface area contributed by atoms with Gasteiger partial charge >= 0.3 is 0 Å². The summed E-state index contributed by atoms with van der Waals surface area (Å²) in [5.74, 6) is 0.283. The molecule has 0 fully saturated rings. The van der Waals surface area contributed by atoms with Gasteiger partial charge in [-0.25, -0.2) is 0 Å². The highest BCUT2D eigenvalue weighted by molar-refractivity contribution is 7.85. The molecule has 0 saturated heterocycles. The number of rotatable bonds is 5. The minimum atomic E-state index is -1.13. The van der Waals surface area contributed by atoms with Crippen LogP contribution in [0.2, 0.25) is 0 Å². The Labute approximate surface area is 99.3 Å². The van der Waals surface area contributed by atoms with Gasteiger partial charge in [-0.05, 0) is 38.1 Å². The zero-order valence-electron chi connectivity index (χ0n) is 9.99. The molecule has 0 aromatic heterocycles. The highest BCUT2D eigenvalue weighted by atomic mass is 32.2. The third kappa shape index (κ3) is 3.70. The number of likely N-dealkylation sites (N-methyl/N-ethyl adjacent to an activating group) is 1. The molecular formula is C12H19NO2S. The van der Waals surface area contributed by atoms with Gasteiger partial charge in [0.1, 0.15) is 0 Å². The topological polar surface area (TPSA) is 49.3 Å². The lowest BCUT2D eigenvalue weighted by atomic mass is 10.2. The van der Waals surface area contributed by atoms with Crippen LogP contribution in [0, 0.1) is 13.8 Å². The van der Waals surface area contributed by atoms with Crippen molar-refractivity contribution in [2.24, 2.45) is 0 Å². The van der Waals surface area contributed by atoms with Crippen molar-refractivity contribution in [2.75, 3.05) is 19.3 Å². The molecule has 1 rings (SSSR count). The van der Waals surface area contributed by atoms with Crippen molar-refractivity contribution in [1.29, 1.82) is 0 Å². The van der Waals surface area contributed by atoms with Crippen LogP contribution in [0.25, 0.3) is 0 Å². The van der Waals surface area contributed by atoms with Crippen LogP contribution in [0.3, 0.4) is 0 Å². The first-order chi connectivity index (χ1) is 7.54. The first-order valence-electron chi connectivity index (χ1n) is 5.33. The fourth-order valence-corrected chi connectivity index (χ4v) is 2.90. The molecule has 2 atom stereocenters. The van der Waals surface area contributed by atoms with Crippen molar-refractivity contribution in [2.45, 2.75) is 24.8 Å². The minimum Gasteiger partial charge on any atom is -0.391 e. The Hall–Kier alpha value is -0.710. The predicted molar refractivity (Wildman–Crippen MR) is 67.1 cm³/mol. The quantitative estimate of drug-likeness (QED) is 0.808. The predicted octanol–water partition coefficient (Wildman–Crippen LogP) is 0.991. The molecule has 0 heterocycles. The number of nitrogens with one attached hydrogen (secondary N) is 1. The van der Waals surface area contributed by atoms with Crippen LogP contribution in [0.5, 0.6) is 0 Å². The van der Waals surface area contributed by atoms with Gasteiger partial charge in [0, 0.05) is 11.4 Å². The molecule has 0 bridgehead atoms. The van der Waals surface area contributed by atoms with Crippen molar-refractivity contribution in [1.82, 2.24) is 5.32 Å². The normalized spacial score (nSPS) is 14.8. The number of hydrogen-bond donors (Lipinski definition) is 2. The van der Waals surface area contributed by atoms with Gasteiger partial charge in [-0.1, -0.05) is 12.1 Å². The van der Waals surface area contributed by atoms with E-state index >= 15 is 0 Å². The summed E-state index contributed by atoms with van der Waals surface area (Å²) in [6.45, 7) is 4.39. The summed E-state index contributed by atoms with van der Waals surface area (Å²) < 4.78 is 12.0. The molecule has 4 heteroatoms. The van der Waals surface area contributed by atoms with Crippen LogP contribution in [0.4, 0.5) is 0 Å². The summed E-state index contributed by atoms with van der Waals surface area (Å²) in [7, 11) is 0.641. The third-order valence-corrected chi connectivity index (χ3v) is 3.99. The Morgan fingerprint density at radius 1 is 1.44 bits per heavy atom. The molecule has 16 heavy (non-hydrogen) atoms. The highest BCUT2D eigenvalue weighted by Crippen LogP contribution is 2.15. The molecule has 0 radical (unpaired) electrons. The van der Waals surface area contributed by atoms with Crippen LogP contribution >= 0.6 is 0 Å². The lowest BCUT2D eigenvalue weighted by Crippen LogP contribution is -2.28. The molecule has 0 aliphatic heterocycles. The summed E-state index contributed by atoms with van der Waals surface area (Å²) in [4.78, 5) is 0.829. The maximum absolute atomic E-state index is 12.0. The summed E-state index contributed by atoms with van der Waals surface area (Å²) in [6.07, 6.45) is -0.564. The largest absolute Gasteiger partial charge is 0.391 e. The van der Waals surface area contributed by atoms with Crippen molar-refractivity contribution < 1.29 is 9.32 Å². The zero-order chi connectivity index (χ0) is 12.1. The average molecular weight is 241 g/mol. The van der Waals surface area contributed by atoms with E-state index in [1.165, 1.54) is 0 Å². The summed E-state index contributed by atoms with van der Waals surface area (Å²) >= 11 is 0. The van der Waals surface area contributed by atoms with E-state index < -0.39 is 16.9 Å². The average Bonchev–Trinajstić information content (AvgIpc) is 2.21. The molecule has 0 aliphatic carbocycles. The number of aliphatic hydroxyl groups is 1. The second-order valence-corrected chi connectivity index (χ2v) is 5.46. The van der Waals surface area contributed by atoms with Crippen molar-refractivity contribution in [3.63, 3.8) is 0 Å². The van der Waals surface area contributed by atoms with Gasteiger partial charge in [0.2, 0.25) is 0 Å². The van der Waals surface area contributed by atoms with Crippen molar-refractivity contribution in [3.05, 3.63) is 29.3 Å². The van der Waals surface area contributed by atoms with Gasteiger partial charge in [-0.2, -0.15) is 0 Å². The molecule has 1 aromatic carbocycles. The van der Waals surface area contributed by atoms with Crippen LogP contribution < -0.4 is 5.32 Å². The number of aliphatic hydroxyl groups excluding tert-OH is 1. The van der Waals surface area contributed by atoms with Crippen molar-refractivity contribution in [3.8, 4) is 0 Å².